The average Bonchev–Trinajstić information content (AvgIpc) is 3.41. The van der Waals surface area contributed by atoms with E-state index in [1.807, 2.05) is 67.0 Å². The van der Waals surface area contributed by atoms with Crippen molar-refractivity contribution in [2.75, 3.05) is 17.3 Å². The Balaban J connectivity index is 1.43. The molecule has 0 saturated carbocycles. The number of nitrogens with one attached hydrogen (secondary N) is 1. The number of carbonyl (C=O) groups excluding carboxylic acids is 1. The molecule has 4 rings (SSSR count). The van der Waals surface area contributed by atoms with Gasteiger partial charge in [0.25, 0.3) is 0 Å². The summed E-state index contributed by atoms with van der Waals surface area (Å²) in [6.07, 6.45) is 1.70. The molecule has 0 atom stereocenters. The summed E-state index contributed by atoms with van der Waals surface area (Å²) in [6, 6.07) is 21.9. The highest BCUT2D eigenvalue weighted by atomic mass is 32.1. The van der Waals surface area contributed by atoms with Gasteiger partial charge in [-0.05, 0) is 29.1 Å². The van der Waals surface area contributed by atoms with Crippen LogP contribution < -0.4 is 10.2 Å². The van der Waals surface area contributed by atoms with Crippen LogP contribution in [0.25, 0.3) is 10.8 Å². The lowest BCUT2D eigenvalue weighted by Gasteiger charge is -2.22. The van der Waals surface area contributed by atoms with Gasteiger partial charge in [0, 0.05) is 13.6 Å². The van der Waals surface area contributed by atoms with Crippen molar-refractivity contribution < 1.29 is 9.21 Å². The lowest BCUT2D eigenvalue weighted by atomic mass is 10.2. The van der Waals surface area contributed by atoms with E-state index in [1.165, 1.54) is 5.56 Å². The Hall–Kier alpha value is -3.38. The maximum Gasteiger partial charge on any atom is 0.236 e. The highest BCUT2D eigenvalue weighted by molar-refractivity contribution is 7.13. The van der Waals surface area contributed by atoms with Crippen LogP contribution in [0.4, 0.5) is 11.4 Å². The zero-order chi connectivity index (χ0) is 20.1. The molecular formula is C23H21N3O2S. The first-order valence-corrected chi connectivity index (χ1v) is 10.2. The largest absolute Gasteiger partial charge is 0.444 e. The fourth-order valence-corrected chi connectivity index (χ4v) is 3.77. The van der Waals surface area contributed by atoms with E-state index in [0.717, 1.165) is 22.8 Å². The second kappa shape index (κ2) is 8.75. The number of hydrogen-bond donors (Lipinski definition) is 1. The third-order valence-electron chi connectivity index (χ3n) is 4.48. The third kappa shape index (κ3) is 4.73. The molecule has 0 bridgehead atoms. The summed E-state index contributed by atoms with van der Waals surface area (Å²) in [4.78, 5) is 20.1. The van der Waals surface area contributed by atoms with Gasteiger partial charge in [0.2, 0.25) is 11.8 Å². The van der Waals surface area contributed by atoms with Gasteiger partial charge in [0.1, 0.15) is 6.26 Å². The van der Waals surface area contributed by atoms with Gasteiger partial charge in [0.05, 0.1) is 28.4 Å². The standard InChI is InChI=1S/C23H21N3O2S/c1-26(15-17-8-3-2-4-9-17)20-11-6-5-10-19(20)25-22(27)14-18-16-28-23(24-18)21-12-7-13-29-21/h2-13,16H,14-15H2,1H3,(H,25,27). The number of para-hydroxylation sites is 2. The molecule has 0 aliphatic carbocycles. The highest BCUT2D eigenvalue weighted by Gasteiger charge is 2.14. The van der Waals surface area contributed by atoms with Gasteiger partial charge in [-0.1, -0.05) is 48.5 Å². The van der Waals surface area contributed by atoms with E-state index >= 15 is 0 Å². The van der Waals surface area contributed by atoms with Crippen LogP contribution in [-0.4, -0.2) is 17.9 Å². The maximum absolute atomic E-state index is 12.6. The first-order valence-electron chi connectivity index (χ1n) is 9.31. The Morgan fingerprint density at radius 3 is 2.66 bits per heavy atom. The van der Waals surface area contributed by atoms with Gasteiger partial charge >= 0.3 is 0 Å². The first-order chi connectivity index (χ1) is 14.2. The normalized spacial score (nSPS) is 10.7. The number of carbonyl (C=O) groups is 1. The van der Waals surface area contributed by atoms with Crippen molar-refractivity contribution >= 4 is 28.6 Å². The molecule has 1 N–H and O–H groups in total. The second-order valence-corrected chi connectivity index (χ2v) is 7.65. The Morgan fingerprint density at radius 2 is 1.86 bits per heavy atom. The maximum atomic E-state index is 12.6. The predicted octanol–water partition coefficient (Wildman–Crippen LogP) is 5.22. The average molecular weight is 404 g/mol. The minimum absolute atomic E-state index is 0.128. The minimum atomic E-state index is -0.128. The number of thiophene rings is 1. The summed E-state index contributed by atoms with van der Waals surface area (Å²) in [5, 5.41) is 4.98. The third-order valence-corrected chi connectivity index (χ3v) is 5.34. The van der Waals surface area contributed by atoms with Crippen molar-refractivity contribution in [2.45, 2.75) is 13.0 Å². The molecule has 2 heterocycles. The molecule has 0 aliphatic heterocycles. The number of oxazole rings is 1. The van der Waals surface area contributed by atoms with Crippen LogP contribution >= 0.6 is 11.3 Å². The molecule has 0 fully saturated rings. The van der Waals surface area contributed by atoms with E-state index in [4.69, 9.17) is 4.42 Å². The van der Waals surface area contributed by atoms with E-state index in [1.54, 1.807) is 17.6 Å². The molecule has 0 spiro atoms. The Labute approximate surface area is 173 Å². The van der Waals surface area contributed by atoms with Crippen molar-refractivity contribution in [2.24, 2.45) is 0 Å². The van der Waals surface area contributed by atoms with Crippen LogP contribution in [0, 0.1) is 0 Å². The van der Waals surface area contributed by atoms with Crippen LogP contribution in [0.3, 0.4) is 0 Å². The van der Waals surface area contributed by atoms with E-state index in [2.05, 4.69) is 27.3 Å². The molecule has 2 aromatic carbocycles. The first kappa shape index (κ1) is 19.0. The molecule has 0 saturated heterocycles. The van der Waals surface area contributed by atoms with Gasteiger partial charge in [-0.2, -0.15) is 0 Å². The number of rotatable bonds is 7. The predicted molar refractivity (Wildman–Crippen MR) is 117 cm³/mol. The molecule has 0 radical (unpaired) electrons. The molecule has 5 nitrogen and oxygen atoms in total. The smallest absolute Gasteiger partial charge is 0.236 e. The second-order valence-electron chi connectivity index (χ2n) is 6.71. The zero-order valence-electron chi connectivity index (χ0n) is 16.0. The lowest BCUT2D eigenvalue weighted by molar-refractivity contribution is -0.115. The quantitative estimate of drug-likeness (QED) is 0.460. The Kier molecular flexibility index (Phi) is 5.72. The molecule has 29 heavy (non-hydrogen) atoms. The van der Waals surface area contributed by atoms with Gasteiger partial charge in [-0.25, -0.2) is 4.98 Å². The molecule has 6 heteroatoms. The summed E-state index contributed by atoms with van der Waals surface area (Å²) in [5.74, 6) is 0.419. The van der Waals surface area contributed by atoms with Crippen molar-refractivity contribution in [3.8, 4) is 10.8 Å². The Bertz CT molecular complexity index is 1070. The van der Waals surface area contributed by atoms with Crippen LogP contribution in [0.5, 0.6) is 0 Å². The number of anilines is 2. The zero-order valence-corrected chi connectivity index (χ0v) is 16.9. The van der Waals surface area contributed by atoms with Crippen LogP contribution in [0.1, 0.15) is 11.3 Å². The van der Waals surface area contributed by atoms with Gasteiger partial charge in [-0.3, -0.25) is 4.79 Å². The molecule has 4 aromatic rings. The van der Waals surface area contributed by atoms with Crippen LogP contribution in [0.15, 0.2) is 82.8 Å². The van der Waals surface area contributed by atoms with Gasteiger partial charge in [-0.15, -0.1) is 11.3 Å². The summed E-state index contributed by atoms with van der Waals surface area (Å²) < 4.78 is 5.50. The van der Waals surface area contributed by atoms with Crippen LogP contribution in [0.2, 0.25) is 0 Å². The Morgan fingerprint density at radius 1 is 1.07 bits per heavy atom. The summed E-state index contributed by atoms with van der Waals surface area (Å²) in [7, 11) is 2.02. The van der Waals surface area contributed by atoms with Crippen molar-refractivity contribution in [1.82, 2.24) is 4.98 Å². The molecule has 0 aliphatic rings. The van der Waals surface area contributed by atoms with E-state index in [9.17, 15) is 4.79 Å². The highest BCUT2D eigenvalue weighted by Crippen LogP contribution is 2.27. The van der Waals surface area contributed by atoms with Gasteiger partial charge in [0.15, 0.2) is 0 Å². The SMILES string of the molecule is CN(Cc1ccccc1)c1ccccc1NC(=O)Cc1coc(-c2cccs2)n1. The number of benzene rings is 2. The number of amides is 1. The molecule has 2 aromatic heterocycles. The van der Waals surface area contributed by atoms with E-state index in [0.29, 0.717) is 11.6 Å². The molecule has 1 amide bonds. The number of hydrogen-bond acceptors (Lipinski definition) is 5. The topological polar surface area (TPSA) is 58.4 Å². The lowest BCUT2D eigenvalue weighted by Crippen LogP contribution is -2.21. The summed E-state index contributed by atoms with van der Waals surface area (Å²) in [6.45, 7) is 0.751. The van der Waals surface area contributed by atoms with Crippen molar-refractivity contribution in [1.29, 1.82) is 0 Å². The molecule has 0 unspecified atom stereocenters. The summed E-state index contributed by atoms with van der Waals surface area (Å²) >= 11 is 1.55. The fraction of sp³-hybridized carbons (Fsp3) is 0.130. The summed E-state index contributed by atoms with van der Waals surface area (Å²) in [5.41, 5.74) is 3.56. The van der Waals surface area contributed by atoms with Gasteiger partial charge < -0.3 is 14.6 Å². The van der Waals surface area contributed by atoms with Crippen molar-refractivity contribution in [3.05, 3.63) is 89.6 Å². The molecular weight excluding hydrogens is 382 g/mol. The molecule has 146 valence electrons. The van der Waals surface area contributed by atoms with E-state index in [-0.39, 0.29) is 12.3 Å². The van der Waals surface area contributed by atoms with Crippen molar-refractivity contribution in [3.63, 3.8) is 0 Å². The van der Waals surface area contributed by atoms with Crippen LogP contribution in [-0.2, 0) is 17.8 Å². The fourth-order valence-electron chi connectivity index (χ4n) is 3.12. The monoisotopic (exact) mass is 403 g/mol. The number of nitrogens with zero attached hydrogens (tertiary/aromatic N) is 2. The minimum Gasteiger partial charge on any atom is -0.444 e. The van der Waals surface area contributed by atoms with E-state index < -0.39 is 0 Å². The number of aromatic nitrogens is 1.